The van der Waals surface area contributed by atoms with Gasteiger partial charge in [0.1, 0.15) is 10.6 Å². The van der Waals surface area contributed by atoms with Gasteiger partial charge in [-0.15, -0.1) is 0 Å². The van der Waals surface area contributed by atoms with E-state index in [4.69, 9.17) is 10.5 Å². The molecule has 0 fully saturated rings. The maximum Gasteiger partial charge on any atom is 0.252 e. The van der Waals surface area contributed by atoms with Gasteiger partial charge in [-0.2, -0.15) is 0 Å². The van der Waals surface area contributed by atoms with Gasteiger partial charge in [0.05, 0.1) is 12.7 Å². The number of amides is 1. The standard InChI is InChI=1S/C9H11NO4S/c1-14-8-6(9(10)11)4-3-5-7(8)15(2,12)13/h3-5H,1-2H3,(H2,10,11). The van der Waals surface area contributed by atoms with Crippen LogP contribution in [0.5, 0.6) is 5.75 Å². The number of hydrogen-bond donors (Lipinski definition) is 1. The van der Waals surface area contributed by atoms with Crippen molar-refractivity contribution in [1.29, 1.82) is 0 Å². The normalized spacial score (nSPS) is 11.1. The average molecular weight is 229 g/mol. The molecule has 5 nitrogen and oxygen atoms in total. The summed E-state index contributed by atoms with van der Waals surface area (Å²) in [6, 6.07) is 4.22. The first-order valence-electron chi connectivity index (χ1n) is 4.04. The average Bonchev–Trinajstić information content (AvgIpc) is 2.15. The van der Waals surface area contributed by atoms with Crippen molar-refractivity contribution in [3.63, 3.8) is 0 Å². The summed E-state index contributed by atoms with van der Waals surface area (Å²) in [7, 11) is -2.15. The lowest BCUT2D eigenvalue weighted by Gasteiger charge is -2.09. The maximum atomic E-state index is 11.4. The van der Waals surface area contributed by atoms with Gasteiger partial charge in [0.2, 0.25) is 0 Å². The van der Waals surface area contributed by atoms with Crippen molar-refractivity contribution in [2.75, 3.05) is 13.4 Å². The lowest BCUT2D eigenvalue weighted by Crippen LogP contribution is -2.14. The molecule has 0 radical (unpaired) electrons. The Bertz CT molecular complexity index is 493. The number of rotatable bonds is 3. The molecule has 0 atom stereocenters. The van der Waals surface area contributed by atoms with E-state index in [-0.39, 0.29) is 16.2 Å². The molecule has 1 amide bonds. The Morgan fingerprint density at radius 3 is 2.40 bits per heavy atom. The minimum atomic E-state index is -3.43. The number of carbonyl (C=O) groups is 1. The number of sulfone groups is 1. The minimum Gasteiger partial charge on any atom is -0.495 e. The highest BCUT2D eigenvalue weighted by Gasteiger charge is 2.19. The Morgan fingerprint density at radius 2 is 2.00 bits per heavy atom. The summed E-state index contributed by atoms with van der Waals surface area (Å²) in [4.78, 5) is 11.0. The van der Waals surface area contributed by atoms with Gasteiger partial charge in [-0.05, 0) is 12.1 Å². The van der Waals surface area contributed by atoms with E-state index < -0.39 is 15.7 Å². The van der Waals surface area contributed by atoms with E-state index in [1.807, 2.05) is 0 Å². The SMILES string of the molecule is COc1c(C(N)=O)cccc1S(C)(=O)=O. The molecule has 0 bridgehead atoms. The van der Waals surface area contributed by atoms with E-state index in [1.54, 1.807) is 0 Å². The summed E-state index contributed by atoms with van der Waals surface area (Å²) in [6.45, 7) is 0. The molecule has 0 aliphatic heterocycles. The van der Waals surface area contributed by atoms with E-state index >= 15 is 0 Å². The zero-order valence-corrected chi connectivity index (χ0v) is 9.17. The number of benzene rings is 1. The van der Waals surface area contributed by atoms with Crippen LogP contribution in [0.1, 0.15) is 10.4 Å². The molecule has 1 aromatic rings. The van der Waals surface area contributed by atoms with Crippen LogP contribution in [-0.2, 0) is 9.84 Å². The zero-order valence-electron chi connectivity index (χ0n) is 8.35. The van der Waals surface area contributed by atoms with Gasteiger partial charge in [-0.1, -0.05) is 6.07 Å². The van der Waals surface area contributed by atoms with Crippen molar-refractivity contribution in [3.8, 4) is 5.75 Å². The fourth-order valence-electron chi connectivity index (χ4n) is 1.21. The molecule has 0 heterocycles. The lowest BCUT2D eigenvalue weighted by atomic mass is 10.2. The molecule has 0 saturated heterocycles. The quantitative estimate of drug-likeness (QED) is 0.802. The topological polar surface area (TPSA) is 86.5 Å². The first kappa shape index (κ1) is 11.5. The summed E-state index contributed by atoms with van der Waals surface area (Å²) < 4.78 is 27.6. The fraction of sp³-hybridized carbons (Fsp3) is 0.222. The first-order valence-corrected chi connectivity index (χ1v) is 5.94. The summed E-state index contributed by atoms with van der Waals surface area (Å²) in [5.74, 6) is -0.732. The van der Waals surface area contributed by atoms with Crippen LogP contribution in [0.25, 0.3) is 0 Å². The smallest absolute Gasteiger partial charge is 0.252 e. The van der Waals surface area contributed by atoms with Gasteiger partial charge in [-0.25, -0.2) is 8.42 Å². The van der Waals surface area contributed by atoms with Crippen molar-refractivity contribution < 1.29 is 17.9 Å². The third kappa shape index (κ3) is 2.27. The van der Waals surface area contributed by atoms with Crippen LogP contribution in [0, 0.1) is 0 Å². The Labute approximate surface area is 87.8 Å². The lowest BCUT2D eigenvalue weighted by molar-refractivity contribution is 0.0997. The minimum absolute atomic E-state index is 0.00694. The predicted molar refractivity (Wildman–Crippen MR) is 54.6 cm³/mol. The molecule has 0 saturated carbocycles. The number of para-hydroxylation sites is 1. The van der Waals surface area contributed by atoms with Crippen LogP contribution in [0.4, 0.5) is 0 Å². The Kier molecular flexibility index (Phi) is 2.99. The second kappa shape index (κ2) is 3.90. The van der Waals surface area contributed by atoms with Crippen molar-refractivity contribution in [2.24, 2.45) is 5.73 Å². The van der Waals surface area contributed by atoms with Crippen LogP contribution in [0.15, 0.2) is 23.1 Å². The molecule has 0 spiro atoms. The van der Waals surface area contributed by atoms with E-state index in [2.05, 4.69) is 0 Å². The highest BCUT2D eigenvalue weighted by molar-refractivity contribution is 7.90. The van der Waals surface area contributed by atoms with E-state index in [9.17, 15) is 13.2 Å². The third-order valence-corrected chi connectivity index (χ3v) is 2.97. The molecule has 0 aromatic heterocycles. The molecule has 0 aliphatic carbocycles. The molecule has 0 unspecified atom stereocenters. The third-order valence-electron chi connectivity index (χ3n) is 1.85. The molecule has 0 aliphatic rings. The van der Waals surface area contributed by atoms with Gasteiger partial charge < -0.3 is 10.5 Å². The van der Waals surface area contributed by atoms with E-state index in [1.165, 1.54) is 25.3 Å². The summed E-state index contributed by atoms with van der Waals surface area (Å²) in [5.41, 5.74) is 5.14. The van der Waals surface area contributed by atoms with Crippen LogP contribution < -0.4 is 10.5 Å². The molecular formula is C9H11NO4S. The van der Waals surface area contributed by atoms with Crippen molar-refractivity contribution in [3.05, 3.63) is 23.8 Å². The number of primary amides is 1. The molecular weight excluding hydrogens is 218 g/mol. The first-order chi connectivity index (χ1) is 6.88. The van der Waals surface area contributed by atoms with Gasteiger partial charge in [0.15, 0.2) is 9.84 Å². The highest BCUT2D eigenvalue weighted by atomic mass is 32.2. The number of ether oxygens (including phenoxy) is 1. The summed E-state index contributed by atoms with van der Waals surface area (Å²) in [6.07, 6.45) is 1.04. The van der Waals surface area contributed by atoms with Gasteiger partial charge in [0, 0.05) is 6.26 Å². The number of nitrogens with two attached hydrogens (primary N) is 1. The second-order valence-electron chi connectivity index (χ2n) is 2.97. The zero-order chi connectivity index (χ0) is 11.6. The largest absolute Gasteiger partial charge is 0.495 e. The van der Waals surface area contributed by atoms with Gasteiger partial charge >= 0.3 is 0 Å². The van der Waals surface area contributed by atoms with Crippen molar-refractivity contribution in [2.45, 2.75) is 4.90 Å². The Morgan fingerprint density at radius 1 is 1.40 bits per heavy atom. The predicted octanol–water partition coefficient (Wildman–Crippen LogP) is 0.198. The van der Waals surface area contributed by atoms with Crippen molar-refractivity contribution in [1.82, 2.24) is 0 Å². The maximum absolute atomic E-state index is 11.4. The number of carbonyl (C=O) groups excluding carboxylic acids is 1. The second-order valence-corrected chi connectivity index (χ2v) is 4.96. The van der Waals surface area contributed by atoms with Gasteiger partial charge in [-0.3, -0.25) is 4.79 Å². The Hall–Kier alpha value is -1.56. The highest BCUT2D eigenvalue weighted by Crippen LogP contribution is 2.27. The van der Waals surface area contributed by atoms with Crippen LogP contribution in [-0.4, -0.2) is 27.7 Å². The molecule has 15 heavy (non-hydrogen) atoms. The number of hydrogen-bond acceptors (Lipinski definition) is 4. The van der Waals surface area contributed by atoms with Crippen molar-refractivity contribution >= 4 is 15.7 Å². The van der Waals surface area contributed by atoms with Crippen LogP contribution in [0.2, 0.25) is 0 Å². The molecule has 82 valence electrons. The number of methoxy groups -OCH3 is 1. The molecule has 1 rings (SSSR count). The fourth-order valence-corrected chi connectivity index (χ4v) is 2.07. The van der Waals surface area contributed by atoms with Crippen LogP contribution >= 0.6 is 0 Å². The summed E-state index contributed by atoms with van der Waals surface area (Å²) in [5, 5.41) is 0. The summed E-state index contributed by atoms with van der Waals surface area (Å²) >= 11 is 0. The van der Waals surface area contributed by atoms with Crippen LogP contribution in [0.3, 0.4) is 0 Å². The van der Waals surface area contributed by atoms with E-state index in [0.717, 1.165) is 6.26 Å². The van der Waals surface area contributed by atoms with E-state index in [0.29, 0.717) is 0 Å². The van der Waals surface area contributed by atoms with Gasteiger partial charge in [0.25, 0.3) is 5.91 Å². The monoisotopic (exact) mass is 229 g/mol. The molecule has 6 heteroatoms. The molecule has 2 N–H and O–H groups in total. The molecule has 1 aromatic carbocycles. The Balaban J connectivity index is 3.56.